The number of aryl methyl sites for hydroxylation is 1. The van der Waals surface area contributed by atoms with Gasteiger partial charge in [0, 0.05) is 13.6 Å². The highest BCUT2D eigenvalue weighted by molar-refractivity contribution is 6.34. The summed E-state index contributed by atoms with van der Waals surface area (Å²) >= 11 is 5.99. The summed E-state index contributed by atoms with van der Waals surface area (Å²) in [7, 11) is 1.70. The van der Waals surface area contributed by atoms with E-state index < -0.39 is 17.3 Å². The first kappa shape index (κ1) is 15.5. The van der Waals surface area contributed by atoms with Gasteiger partial charge < -0.3 is 10.4 Å². The molecule has 0 saturated carbocycles. The van der Waals surface area contributed by atoms with Crippen LogP contribution in [0.4, 0.5) is 0 Å². The molecule has 106 valence electrons. The average molecular weight is 288 g/mol. The van der Waals surface area contributed by atoms with Crippen molar-refractivity contribution in [2.24, 2.45) is 12.5 Å². The third-order valence-corrected chi connectivity index (χ3v) is 3.54. The fourth-order valence-corrected chi connectivity index (χ4v) is 1.65. The topological polar surface area (TPSA) is 84.2 Å². The van der Waals surface area contributed by atoms with Gasteiger partial charge >= 0.3 is 5.97 Å². The molecule has 1 amide bonds. The maximum absolute atomic E-state index is 11.9. The lowest BCUT2D eigenvalue weighted by atomic mass is 9.90. The monoisotopic (exact) mass is 287 g/mol. The molecule has 1 heterocycles. The molecule has 0 aromatic carbocycles. The number of hydrogen-bond acceptors (Lipinski definition) is 3. The van der Waals surface area contributed by atoms with Crippen LogP contribution in [0.15, 0.2) is 0 Å². The predicted octanol–water partition coefficient (Wildman–Crippen LogP) is 1.61. The molecule has 0 spiro atoms. The second kappa shape index (κ2) is 5.61. The molecular formula is C12H18ClN3O3. The Morgan fingerprint density at radius 3 is 2.47 bits per heavy atom. The summed E-state index contributed by atoms with van der Waals surface area (Å²) in [6, 6.07) is 0. The molecule has 0 fully saturated rings. The summed E-state index contributed by atoms with van der Waals surface area (Å²) in [6.45, 7) is 5.24. The van der Waals surface area contributed by atoms with E-state index >= 15 is 0 Å². The van der Waals surface area contributed by atoms with Crippen LogP contribution in [0.25, 0.3) is 0 Å². The second-order valence-corrected chi connectivity index (χ2v) is 5.44. The molecule has 0 radical (unpaired) electrons. The molecule has 0 saturated heterocycles. The van der Waals surface area contributed by atoms with E-state index in [4.69, 9.17) is 16.7 Å². The minimum absolute atomic E-state index is 0.162. The molecular weight excluding hydrogens is 270 g/mol. The van der Waals surface area contributed by atoms with E-state index in [0.717, 1.165) is 0 Å². The summed E-state index contributed by atoms with van der Waals surface area (Å²) in [5.41, 5.74) is -0.00983. The molecule has 6 nitrogen and oxygen atoms in total. The zero-order chi connectivity index (χ0) is 14.8. The molecule has 19 heavy (non-hydrogen) atoms. The van der Waals surface area contributed by atoms with E-state index in [1.807, 2.05) is 0 Å². The first-order chi connectivity index (χ1) is 8.66. The Morgan fingerprint density at radius 2 is 2.05 bits per heavy atom. The van der Waals surface area contributed by atoms with Crippen LogP contribution in [-0.4, -0.2) is 33.3 Å². The zero-order valence-corrected chi connectivity index (χ0v) is 12.2. The molecule has 2 N–H and O–H groups in total. The summed E-state index contributed by atoms with van der Waals surface area (Å²) in [6.07, 6.45) is 0.331. The lowest BCUT2D eigenvalue weighted by Gasteiger charge is -2.18. The molecule has 0 unspecified atom stereocenters. The zero-order valence-electron chi connectivity index (χ0n) is 11.5. The van der Waals surface area contributed by atoms with Crippen LogP contribution in [0.1, 0.15) is 36.5 Å². The molecule has 0 bridgehead atoms. The number of halogens is 1. The van der Waals surface area contributed by atoms with Gasteiger partial charge in [-0.05, 0) is 27.2 Å². The van der Waals surface area contributed by atoms with Gasteiger partial charge in [-0.25, -0.2) is 0 Å². The van der Waals surface area contributed by atoms with Crippen LogP contribution in [0.2, 0.25) is 5.02 Å². The van der Waals surface area contributed by atoms with Crippen molar-refractivity contribution in [1.29, 1.82) is 0 Å². The minimum Gasteiger partial charge on any atom is -0.481 e. The number of amides is 1. The van der Waals surface area contributed by atoms with Gasteiger partial charge in [0.1, 0.15) is 0 Å². The highest BCUT2D eigenvalue weighted by Crippen LogP contribution is 2.21. The van der Waals surface area contributed by atoms with Crippen molar-refractivity contribution in [3.63, 3.8) is 0 Å². The lowest BCUT2D eigenvalue weighted by molar-refractivity contribution is -0.147. The molecule has 1 rings (SSSR count). The Bertz CT molecular complexity index is 509. The summed E-state index contributed by atoms with van der Waals surface area (Å²) in [5, 5.41) is 15.9. The largest absolute Gasteiger partial charge is 0.481 e. The number of carbonyl (C=O) groups excluding carboxylic acids is 1. The Hall–Kier alpha value is -1.56. The van der Waals surface area contributed by atoms with E-state index in [1.54, 1.807) is 27.8 Å². The quantitative estimate of drug-likeness (QED) is 0.862. The first-order valence-corrected chi connectivity index (χ1v) is 6.25. The summed E-state index contributed by atoms with van der Waals surface area (Å²) in [4.78, 5) is 22.8. The molecule has 0 aliphatic carbocycles. The lowest BCUT2D eigenvalue weighted by Crippen LogP contribution is -2.32. The number of rotatable bonds is 5. The Balaban J connectivity index is 2.62. The Kier molecular flexibility index (Phi) is 4.57. The van der Waals surface area contributed by atoms with Crippen LogP contribution in [0.3, 0.4) is 0 Å². The van der Waals surface area contributed by atoms with E-state index in [9.17, 15) is 9.59 Å². The first-order valence-electron chi connectivity index (χ1n) is 5.87. The summed E-state index contributed by atoms with van der Waals surface area (Å²) < 4.78 is 1.53. The van der Waals surface area contributed by atoms with Crippen LogP contribution in [0, 0.1) is 12.3 Å². The van der Waals surface area contributed by atoms with Gasteiger partial charge in [0.05, 0.1) is 16.1 Å². The van der Waals surface area contributed by atoms with Crippen LogP contribution < -0.4 is 5.32 Å². The van der Waals surface area contributed by atoms with Crippen molar-refractivity contribution in [2.75, 3.05) is 6.54 Å². The minimum atomic E-state index is -0.895. The molecule has 1 aromatic heterocycles. The standard InChI is InChI=1S/C12H18ClN3O3/c1-7-8(13)9(15-16(7)4)10(17)14-6-5-12(2,3)11(18)19/h5-6H2,1-4H3,(H,14,17)(H,18,19). The predicted molar refractivity (Wildman–Crippen MR) is 71.3 cm³/mol. The molecule has 0 aliphatic heterocycles. The van der Waals surface area contributed by atoms with E-state index in [2.05, 4.69) is 10.4 Å². The molecule has 0 aliphatic rings. The van der Waals surface area contributed by atoms with Gasteiger partial charge in [-0.2, -0.15) is 5.10 Å². The maximum Gasteiger partial charge on any atom is 0.309 e. The van der Waals surface area contributed by atoms with E-state index in [-0.39, 0.29) is 12.2 Å². The van der Waals surface area contributed by atoms with Crippen LogP contribution >= 0.6 is 11.6 Å². The molecule has 0 atom stereocenters. The van der Waals surface area contributed by atoms with Crippen LogP contribution in [0.5, 0.6) is 0 Å². The molecule has 1 aromatic rings. The van der Waals surface area contributed by atoms with Crippen molar-refractivity contribution in [3.05, 3.63) is 16.4 Å². The van der Waals surface area contributed by atoms with Crippen molar-refractivity contribution >= 4 is 23.5 Å². The number of aromatic nitrogens is 2. The Labute approximate surface area is 116 Å². The maximum atomic E-state index is 11.9. The third-order valence-electron chi connectivity index (χ3n) is 3.09. The van der Waals surface area contributed by atoms with Gasteiger partial charge in [0.2, 0.25) is 0 Å². The van der Waals surface area contributed by atoms with Crippen molar-refractivity contribution < 1.29 is 14.7 Å². The van der Waals surface area contributed by atoms with Crippen LogP contribution in [-0.2, 0) is 11.8 Å². The van der Waals surface area contributed by atoms with Gasteiger partial charge in [0.15, 0.2) is 5.69 Å². The average Bonchev–Trinajstić information content (AvgIpc) is 2.56. The van der Waals surface area contributed by atoms with Crippen molar-refractivity contribution in [1.82, 2.24) is 15.1 Å². The highest BCUT2D eigenvalue weighted by atomic mass is 35.5. The number of carboxylic acid groups (broad SMARTS) is 1. The Morgan fingerprint density at radius 1 is 1.47 bits per heavy atom. The number of nitrogens with one attached hydrogen (secondary N) is 1. The number of carbonyl (C=O) groups is 2. The normalized spacial score (nSPS) is 11.4. The SMILES string of the molecule is Cc1c(Cl)c(C(=O)NCCC(C)(C)C(=O)O)nn1C. The number of hydrogen-bond donors (Lipinski definition) is 2. The van der Waals surface area contributed by atoms with Gasteiger partial charge in [0.25, 0.3) is 5.91 Å². The third kappa shape index (κ3) is 3.47. The fourth-order valence-electron chi connectivity index (χ4n) is 1.41. The van der Waals surface area contributed by atoms with Gasteiger partial charge in [-0.3, -0.25) is 14.3 Å². The molecule has 7 heteroatoms. The smallest absolute Gasteiger partial charge is 0.309 e. The second-order valence-electron chi connectivity index (χ2n) is 5.07. The van der Waals surface area contributed by atoms with Crippen molar-refractivity contribution in [2.45, 2.75) is 27.2 Å². The van der Waals surface area contributed by atoms with Gasteiger partial charge in [-0.1, -0.05) is 11.6 Å². The number of carboxylic acids is 1. The van der Waals surface area contributed by atoms with Gasteiger partial charge in [-0.15, -0.1) is 0 Å². The number of aliphatic carboxylic acids is 1. The number of nitrogens with zero attached hydrogens (tertiary/aromatic N) is 2. The fraction of sp³-hybridized carbons (Fsp3) is 0.583. The summed E-state index contributed by atoms with van der Waals surface area (Å²) in [5.74, 6) is -1.29. The van der Waals surface area contributed by atoms with Crippen molar-refractivity contribution in [3.8, 4) is 0 Å². The van der Waals surface area contributed by atoms with E-state index in [0.29, 0.717) is 17.1 Å². The van der Waals surface area contributed by atoms with E-state index in [1.165, 1.54) is 4.68 Å². The highest BCUT2D eigenvalue weighted by Gasteiger charge is 2.27.